The van der Waals surface area contributed by atoms with Gasteiger partial charge in [-0.15, -0.1) is 0 Å². The van der Waals surface area contributed by atoms with Crippen LogP contribution in [0.3, 0.4) is 0 Å². The molecule has 0 aromatic heterocycles. The molecule has 0 aromatic rings. The van der Waals surface area contributed by atoms with Gasteiger partial charge in [-0.3, -0.25) is 0 Å². The normalized spacial score (nSPS) is 33.2. The lowest BCUT2D eigenvalue weighted by Crippen LogP contribution is -2.51. The molecule has 2 fully saturated rings. The molecule has 0 radical (unpaired) electrons. The van der Waals surface area contributed by atoms with Crippen LogP contribution < -0.4 is 4.72 Å². The highest BCUT2D eigenvalue weighted by atomic mass is 32.2. The Morgan fingerprint density at radius 1 is 1.21 bits per heavy atom. The van der Waals surface area contributed by atoms with Gasteiger partial charge in [0.15, 0.2) is 0 Å². The number of hydrogen-bond acceptors (Lipinski definition) is 3. The van der Waals surface area contributed by atoms with Gasteiger partial charge in [0.25, 0.3) is 0 Å². The van der Waals surface area contributed by atoms with E-state index in [1.807, 2.05) is 0 Å². The van der Waals surface area contributed by atoms with Crippen LogP contribution in [0.15, 0.2) is 0 Å². The zero-order valence-electron chi connectivity index (χ0n) is 11.7. The quantitative estimate of drug-likeness (QED) is 0.863. The van der Waals surface area contributed by atoms with E-state index >= 15 is 0 Å². The molecule has 108 valence electrons. The van der Waals surface area contributed by atoms with Gasteiger partial charge in [0.05, 0.1) is 11.3 Å². The molecule has 0 aromatic carbocycles. The first-order chi connectivity index (χ1) is 9.01. The van der Waals surface area contributed by atoms with Gasteiger partial charge in [-0.1, -0.05) is 26.2 Å². The van der Waals surface area contributed by atoms with E-state index in [4.69, 9.17) is 0 Å². The van der Waals surface area contributed by atoms with Crippen LogP contribution in [0, 0.1) is 17.2 Å². The zero-order chi connectivity index (χ0) is 13.9. The van der Waals surface area contributed by atoms with Crippen molar-refractivity contribution in [2.24, 2.45) is 5.92 Å². The maximum Gasteiger partial charge on any atom is 0.215 e. The van der Waals surface area contributed by atoms with Crippen LogP contribution in [0.2, 0.25) is 0 Å². The molecule has 1 N–H and O–H groups in total. The van der Waals surface area contributed by atoms with Gasteiger partial charge in [-0.25, -0.2) is 8.42 Å². The fraction of sp³-hybridized carbons (Fsp3) is 0.929. The Labute approximate surface area is 116 Å². The molecular formula is C14H24N2O2S. The van der Waals surface area contributed by atoms with E-state index in [1.165, 1.54) is 0 Å². The maximum absolute atomic E-state index is 12.4. The molecule has 0 spiro atoms. The Morgan fingerprint density at radius 3 is 2.26 bits per heavy atom. The summed E-state index contributed by atoms with van der Waals surface area (Å²) < 4.78 is 27.5. The summed E-state index contributed by atoms with van der Waals surface area (Å²) in [5, 5.41) is 9.15. The van der Waals surface area contributed by atoms with Crippen molar-refractivity contribution in [2.75, 3.05) is 0 Å². The minimum atomic E-state index is -3.33. The average Bonchev–Trinajstić information content (AvgIpc) is 2.94. The standard InChI is InChI=1S/C14H24N2O2S/c1-2-12-7-9-14(11-15,10-8-12)16-19(17,18)13-5-3-4-6-13/h12-13,16H,2-10H2,1H3. The lowest BCUT2D eigenvalue weighted by molar-refractivity contribution is 0.258. The van der Waals surface area contributed by atoms with Crippen molar-refractivity contribution in [3.63, 3.8) is 0 Å². The van der Waals surface area contributed by atoms with Crippen LogP contribution in [-0.4, -0.2) is 19.2 Å². The van der Waals surface area contributed by atoms with E-state index in [1.54, 1.807) is 0 Å². The van der Waals surface area contributed by atoms with E-state index in [9.17, 15) is 13.7 Å². The highest BCUT2D eigenvalue weighted by molar-refractivity contribution is 7.90. The number of rotatable bonds is 4. The van der Waals surface area contributed by atoms with Gasteiger partial charge < -0.3 is 0 Å². The summed E-state index contributed by atoms with van der Waals surface area (Å²) in [5.74, 6) is 0.650. The third kappa shape index (κ3) is 3.29. The summed E-state index contributed by atoms with van der Waals surface area (Å²) in [7, 11) is -3.33. The average molecular weight is 284 g/mol. The minimum Gasteiger partial charge on any atom is -0.212 e. The second-order valence-corrected chi connectivity index (χ2v) is 8.06. The fourth-order valence-corrected chi connectivity index (χ4v) is 5.28. The van der Waals surface area contributed by atoms with Crippen molar-refractivity contribution in [1.82, 2.24) is 4.72 Å². The number of hydrogen-bond donors (Lipinski definition) is 1. The van der Waals surface area contributed by atoms with E-state index in [0.717, 1.165) is 44.9 Å². The summed E-state index contributed by atoms with van der Waals surface area (Å²) in [5.41, 5.74) is -0.840. The van der Waals surface area contributed by atoms with Crippen LogP contribution in [0.5, 0.6) is 0 Å². The van der Waals surface area contributed by atoms with E-state index in [-0.39, 0.29) is 5.25 Å². The third-order valence-corrected chi connectivity index (χ3v) is 6.85. The second kappa shape index (κ2) is 5.80. The molecule has 19 heavy (non-hydrogen) atoms. The molecule has 0 heterocycles. The Hall–Kier alpha value is -0.600. The van der Waals surface area contributed by atoms with E-state index < -0.39 is 15.6 Å². The molecule has 0 amide bonds. The summed E-state index contributed by atoms with van der Waals surface area (Å²) in [6.07, 6.45) is 7.82. The van der Waals surface area contributed by atoms with Gasteiger partial charge in [0, 0.05) is 0 Å². The van der Waals surface area contributed by atoms with Crippen molar-refractivity contribution < 1.29 is 8.42 Å². The van der Waals surface area contributed by atoms with Crippen molar-refractivity contribution in [3.05, 3.63) is 0 Å². The second-order valence-electron chi connectivity index (χ2n) is 6.10. The Balaban J connectivity index is 2.05. The summed E-state index contributed by atoms with van der Waals surface area (Å²) in [4.78, 5) is 0. The molecule has 0 bridgehead atoms. The van der Waals surface area contributed by atoms with Crippen LogP contribution in [0.4, 0.5) is 0 Å². The Bertz CT molecular complexity index is 439. The van der Waals surface area contributed by atoms with E-state index in [0.29, 0.717) is 18.8 Å². The summed E-state index contributed by atoms with van der Waals surface area (Å²) in [6.45, 7) is 2.16. The summed E-state index contributed by atoms with van der Waals surface area (Å²) in [6, 6.07) is 2.25. The molecule has 0 aliphatic heterocycles. The highest BCUT2D eigenvalue weighted by Gasteiger charge is 2.41. The smallest absolute Gasteiger partial charge is 0.212 e. The predicted octanol–water partition coefficient (Wildman–Crippen LogP) is 2.71. The monoisotopic (exact) mass is 284 g/mol. The molecule has 4 nitrogen and oxygen atoms in total. The molecule has 2 aliphatic rings. The molecule has 0 unspecified atom stereocenters. The van der Waals surface area contributed by atoms with Crippen LogP contribution >= 0.6 is 0 Å². The molecule has 0 saturated heterocycles. The third-order valence-electron chi connectivity index (χ3n) is 4.83. The molecule has 2 rings (SSSR count). The first-order valence-electron chi connectivity index (χ1n) is 7.45. The lowest BCUT2D eigenvalue weighted by Gasteiger charge is -2.35. The molecular weight excluding hydrogens is 260 g/mol. The molecule has 2 aliphatic carbocycles. The van der Waals surface area contributed by atoms with Crippen molar-refractivity contribution in [3.8, 4) is 6.07 Å². The van der Waals surface area contributed by atoms with Gasteiger partial charge in [0.1, 0.15) is 5.54 Å². The number of nitrogens with zero attached hydrogens (tertiary/aromatic N) is 1. The van der Waals surface area contributed by atoms with Gasteiger partial charge in [-0.05, 0) is 44.4 Å². The first-order valence-corrected chi connectivity index (χ1v) is 9.00. The molecule has 2 saturated carbocycles. The van der Waals surface area contributed by atoms with Crippen LogP contribution in [-0.2, 0) is 10.0 Å². The van der Waals surface area contributed by atoms with Crippen LogP contribution in [0.25, 0.3) is 0 Å². The topological polar surface area (TPSA) is 70.0 Å². The van der Waals surface area contributed by atoms with Gasteiger partial charge >= 0.3 is 0 Å². The van der Waals surface area contributed by atoms with Crippen molar-refractivity contribution >= 4 is 10.0 Å². The number of nitrogens with one attached hydrogen (secondary N) is 1. The number of nitriles is 1. The zero-order valence-corrected chi connectivity index (χ0v) is 12.5. The highest BCUT2D eigenvalue weighted by Crippen LogP contribution is 2.35. The van der Waals surface area contributed by atoms with Gasteiger partial charge in [0.2, 0.25) is 10.0 Å². The van der Waals surface area contributed by atoms with Crippen LogP contribution in [0.1, 0.15) is 64.7 Å². The predicted molar refractivity (Wildman–Crippen MR) is 74.9 cm³/mol. The minimum absolute atomic E-state index is 0.276. The lowest BCUT2D eigenvalue weighted by atomic mass is 9.77. The van der Waals surface area contributed by atoms with E-state index in [2.05, 4.69) is 17.7 Å². The SMILES string of the molecule is CCC1CCC(C#N)(NS(=O)(=O)C2CCCC2)CC1. The fourth-order valence-electron chi connectivity index (χ4n) is 3.37. The van der Waals surface area contributed by atoms with Gasteiger partial charge in [-0.2, -0.15) is 9.98 Å². The first kappa shape index (κ1) is 14.8. The summed E-state index contributed by atoms with van der Waals surface area (Å²) >= 11 is 0. The Morgan fingerprint density at radius 2 is 1.79 bits per heavy atom. The largest absolute Gasteiger partial charge is 0.215 e. The molecule has 5 heteroatoms. The van der Waals surface area contributed by atoms with Crippen molar-refractivity contribution in [2.45, 2.75) is 75.5 Å². The maximum atomic E-state index is 12.4. The van der Waals surface area contributed by atoms with Crippen molar-refractivity contribution in [1.29, 1.82) is 5.26 Å². The number of sulfonamides is 1. The Kier molecular flexibility index (Phi) is 4.52. The molecule has 0 atom stereocenters.